The molecule has 2 aliphatic heterocycles. The molecule has 2 bridgehead atoms. The lowest BCUT2D eigenvalue weighted by atomic mass is 9.35. The summed E-state index contributed by atoms with van der Waals surface area (Å²) in [5.41, 5.74) is 8.04. The van der Waals surface area contributed by atoms with Crippen LogP contribution in [-0.4, -0.2) is 102 Å². The van der Waals surface area contributed by atoms with Gasteiger partial charge in [-0.05, 0) is 55.4 Å². The Labute approximate surface area is 304 Å². The fourth-order valence-electron chi connectivity index (χ4n) is 7.91. The van der Waals surface area contributed by atoms with Crippen LogP contribution in [0.2, 0.25) is 0 Å². The van der Waals surface area contributed by atoms with E-state index in [1.165, 1.54) is 0 Å². The van der Waals surface area contributed by atoms with Gasteiger partial charge in [-0.3, -0.25) is 34.2 Å². The third-order valence-corrected chi connectivity index (χ3v) is 10.3. The van der Waals surface area contributed by atoms with Gasteiger partial charge in [-0.25, -0.2) is 0 Å². The van der Waals surface area contributed by atoms with Gasteiger partial charge >= 0.3 is 0 Å². The first-order valence-corrected chi connectivity index (χ1v) is 17.6. The fourth-order valence-corrected chi connectivity index (χ4v) is 7.91. The highest BCUT2D eigenvalue weighted by atomic mass is 16.5. The normalized spacial score (nSPS) is 22.8. The van der Waals surface area contributed by atoms with Crippen LogP contribution in [0.4, 0.5) is 11.5 Å². The van der Waals surface area contributed by atoms with E-state index in [1.54, 1.807) is 48.5 Å². The number of phenols is 1. The molecular formula is C37H41N7O9. The number of nitrogens with two attached hydrogens (primary N) is 1. The maximum atomic E-state index is 13.2. The van der Waals surface area contributed by atoms with Crippen LogP contribution in [0.15, 0.2) is 48.5 Å². The summed E-state index contributed by atoms with van der Waals surface area (Å²) in [6, 6.07) is 12.4. The second-order valence-electron chi connectivity index (χ2n) is 14.2. The molecule has 5 aliphatic rings. The molecule has 278 valence electrons. The molecule has 16 nitrogen and oxygen atoms in total. The quantitative estimate of drug-likeness (QED) is 0.0993. The Kier molecular flexibility index (Phi) is 9.98. The molecule has 0 radical (unpaired) electrons. The van der Waals surface area contributed by atoms with Gasteiger partial charge in [-0.15, -0.1) is 10.2 Å². The van der Waals surface area contributed by atoms with Crippen molar-refractivity contribution in [1.82, 2.24) is 25.7 Å². The maximum absolute atomic E-state index is 13.2. The van der Waals surface area contributed by atoms with E-state index in [4.69, 9.17) is 19.9 Å². The number of imide groups is 2. The van der Waals surface area contributed by atoms with Gasteiger partial charge in [0.05, 0.1) is 44.2 Å². The Bertz CT molecular complexity index is 1930. The Morgan fingerprint density at radius 2 is 1.70 bits per heavy atom. The van der Waals surface area contributed by atoms with Crippen molar-refractivity contribution in [2.24, 2.45) is 10.8 Å². The van der Waals surface area contributed by atoms with Crippen molar-refractivity contribution >= 4 is 41.0 Å². The molecule has 4 fully saturated rings. The molecule has 6 N–H and O–H groups in total. The predicted octanol–water partition coefficient (Wildman–Crippen LogP) is 2.03. The summed E-state index contributed by atoms with van der Waals surface area (Å²) in [5.74, 6) is -1.57. The molecule has 8 rings (SSSR count). The number of benzene rings is 2. The molecular weight excluding hydrogens is 686 g/mol. The lowest BCUT2D eigenvalue weighted by Crippen LogP contribution is -2.67. The molecule has 5 amide bonds. The molecule has 3 heterocycles. The number of amides is 5. The molecule has 2 aromatic carbocycles. The zero-order valence-electron chi connectivity index (χ0n) is 29.0. The van der Waals surface area contributed by atoms with Crippen molar-refractivity contribution in [3.63, 3.8) is 0 Å². The number of carbonyl (C=O) groups is 5. The molecule has 1 saturated heterocycles. The van der Waals surface area contributed by atoms with Crippen molar-refractivity contribution in [2.75, 3.05) is 57.2 Å². The van der Waals surface area contributed by atoms with Crippen LogP contribution in [0.3, 0.4) is 0 Å². The minimum absolute atomic E-state index is 0.0537. The summed E-state index contributed by atoms with van der Waals surface area (Å²) in [4.78, 5) is 63.4. The number of aromatic nitrogens is 2. The number of hydrogen-bond donors (Lipinski definition) is 5. The van der Waals surface area contributed by atoms with Crippen LogP contribution in [0, 0.1) is 10.8 Å². The van der Waals surface area contributed by atoms with E-state index >= 15 is 0 Å². The monoisotopic (exact) mass is 727 g/mol. The van der Waals surface area contributed by atoms with Gasteiger partial charge in [0.15, 0.2) is 11.6 Å². The third-order valence-electron chi connectivity index (χ3n) is 10.3. The van der Waals surface area contributed by atoms with Gasteiger partial charge in [0, 0.05) is 48.7 Å². The topological polar surface area (TPSA) is 224 Å². The highest BCUT2D eigenvalue weighted by Gasteiger charge is 2.67. The number of aromatic hydroxyl groups is 1. The van der Waals surface area contributed by atoms with E-state index in [-0.39, 0.29) is 65.3 Å². The number of para-hydroxylation sites is 1. The van der Waals surface area contributed by atoms with Gasteiger partial charge in [0.2, 0.25) is 17.7 Å². The fraction of sp³-hybridized carbons (Fsp3) is 0.432. The number of ether oxygens (including phenoxy) is 3. The zero-order valence-corrected chi connectivity index (χ0v) is 29.0. The van der Waals surface area contributed by atoms with E-state index in [0.29, 0.717) is 62.2 Å². The van der Waals surface area contributed by atoms with Gasteiger partial charge in [-0.2, -0.15) is 0 Å². The van der Waals surface area contributed by atoms with Crippen LogP contribution in [0.25, 0.3) is 11.3 Å². The first-order chi connectivity index (χ1) is 25.6. The highest BCUT2D eigenvalue weighted by Crippen LogP contribution is 2.73. The van der Waals surface area contributed by atoms with Crippen LogP contribution < -0.4 is 26.4 Å². The van der Waals surface area contributed by atoms with Crippen LogP contribution >= 0.6 is 0 Å². The van der Waals surface area contributed by atoms with Crippen molar-refractivity contribution in [3.05, 3.63) is 59.7 Å². The summed E-state index contributed by atoms with van der Waals surface area (Å²) in [6.07, 6.45) is 3.24. The van der Waals surface area contributed by atoms with Crippen molar-refractivity contribution in [2.45, 2.75) is 44.6 Å². The predicted molar refractivity (Wildman–Crippen MR) is 189 cm³/mol. The first-order valence-electron chi connectivity index (χ1n) is 17.6. The minimum atomic E-state index is -1.03. The summed E-state index contributed by atoms with van der Waals surface area (Å²) >= 11 is 0. The van der Waals surface area contributed by atoms with Crippen LogP contribution in [0.1, 0.15) is 59.2 Å². The number of nitrogens with one attached hydrogen (secondary N) is 3. The summed E-state index contributed by atoms with van der Waals surface area (Å²) in [6.45, 7) is 2.63. The number of phenolic OH excluding ortho intramolecular Hbond substituents is 1. The Morgan fingerprint density at radius 3 is 2.47 bits per heavy atom. The van der Waals surface area contributed by atoms with E-state index in [9.17, 15) is 29.1 Å². The second-order valence-corrected chi connectivity index (χ2v) is 14.2. The van der Waals surface area contributed by atoms with E-state index in [0.717, 1.165) is 24.2 Å². The van der Waals surface area contributed by atoms with Crippen molar-refractivity contribution in [3.8, 4) is 22.8 Å². The third kappa shape index (κ3) is 7.37. The minimum Gasteiger partial charge on any atom is -0.507 e. The summed E-state index contributed by atoms with van der Waals surface area (Å²) in [7, 11) is 0. The van der Waals surface area contributed by atoms with Gasteiger partial charge in [0.25, 0.3) is 11.8 Å². The molecule has 1 unspecified atom stereocenters. The standard InChI is InChI=1S/C37H41N7O9/c38-32-28(16-25(42-43-32)22-4-1-2-7-27(22)45)53-21-37-17-36(18-37,19-37)20-40-29(46)10-12-51-14-15-52-13-11-39-24-6-3-5-23-31(24)35(50)44(34(23)49)26-8-9-30(47)41-33(26)48/h1-7,16,26,39,45H,8-15,17-21H2,(H2,38,43)(H,40,46)(H,41,47,48). The van der Waals surface area contributed by atoms with E-state index < -0.39 is 29.7 Å². The number of carbonyl (C=O) groups excluding carboxylic acids is 5. The number of fused-ring (bicyclic) bond motifs is 1. The lowest BCUT2D eigenvalue weighted by Gasteiger charge is -2.70. The number of nitrogens with zero attached hydrogens (tertiary/aromatic N) is 3. The van der Waals surface area contributed by atoms with Crippen LogP contribution in [-0.2, 0) is 23.9 Å². The number of hydrogen-bond acceptors (Lipinski definition) is 13. The largest absolute Gasteiger partial charge is 0.507 e. The number of piperidine rings is 1. The molecule has 3 aromatic rings. The van der Waals surface area contributed by atoms with Crippen molar-refractivity contribution in [1.29, 1.82) is 0 Å². The second kappa shape index (κ2) is 14.8. The Balaban J connectivity index is 0.743. The summed E-state index contributed by atoms with van der Waals surface area (Å²) < 4.78 is 17.2. The van der Waals surface area contributed by atoms with Crippen LogP contribution in [0.5, 0.6) is 11.5 Å². The van der Waals surface area contributed by atoms with Gasteiger partial charge in [-0.1, -0.05) is 18.2 Å². The van der Waals surface area contributed by atoms with Gasteiger partial charge in [0.1, 0.15) is 17.5 Å². The molecule has 3 aliphatic carbocycles. The molecule has 53 heavy (non-hydrogen) atoms. The molecule has 0 spiro atoms. The zero-order chi connectivity index (χ0) is 37.2. The average molecular weight is 728 g/mol. The van der Waals surface area contributed by atoms with Gasteiger partial charge < -0.3 is 35.7 Å². The lowest BCUT2D eigenvalue weighted by molar-refractivity contribution is -0.215. The molecule has 1 atom stereocenters. The molecule has 1 aromatic heterocycles. The Morgan fingerprint density at radius 1 is 0.943 bits per heavy atom. The van der Waals surface area contributed by atoms with E-state index in [2.05, 4.69) is 26.1 Å². The summed E-state index contributed by atoms with van der Waals surface area (Å²) in [5, 5.41) is 26.6. The molecule has 16 heteroatoms. The number of nitrogen functional groups attached to an aromatic ring is 1. The average Bonchev–Trinajstić information content (AvgIpc) is 3.36. The Hall–Kier alpha value is -5.61. The first kappa shape index (κ1) is 35.8. The molecule has 3 saturated carbocycles. The highest BCUT2D eigenvalue weighted by molar-refractivity contribution is 6.25. The number of anilines is 2. The smallest absolute Gasteiger partial charge is 0.264 e. The maximum Gasteiger partial charge on any atom is 0.264 e. The van der Waals surface area contributed by atoms with Crippen molar-refractivity contribution < 1.29 is 43.3 Å². The SMILES string of the molecule is Nc1nnc(-c2ccccc2O)cc1OCC12CC(CNC(=O)CCOCCOCCNc3cccc4c3C(=O)N(C3CCC(=O)NC3=O)C4=O)(C1)C2. The van der Waals surface area contributed by atoms with E-state index in [1.807, 2.05) is 0 Å². The number of rotatable bonds is 17.